The summed E-state index contributed by atoms with van der Waals surface area (Å²) in [7, 11) is 0. The van der Waals surface area contributed by atoms with Crippen LogP contribution in [0.25, 0.3) is 10.9 Å². The number of benzene rings is 2. The van der Waals surface area contributed by atoms with Crippen molar-refractivity contribution in [2.45, 2.75) is 13.3 Å². The van der Waals surface area contributed by atoms with E-state index in [0.29, 0.717) is 35.4 Å². The fourth-order valence-corrected chi connectivity index (χ4v) is 4.03. The standard InChI is InChI=1S/C24H19FN4O2/c1-14-9-17(25)11-20-19(14)12-21(28-20)23(30)27-18-4-5-22-15(10-18)6-8-29(22)24(31)16-3-2-7-26-13-16/h2-5,7,9-13,28H,6,8H2,1H3,(H,27,30). The second-order valence-corrected chi connectivity index (χ2v) is 7.61. The number of amides is 2. The van der Waals surface area contributed by atoms with Crippen LogP contribution in [0.15, 0.2) is 60.9 Å². The van der Waals surface area contributed by atoms with E-state index in [-0.39, 0.29) is 17.6 Å². The lowest BCUT2D eigenvalue weighted by molar-refractivity contribution is 0.0987. The second kappa shape index (κ2) is 7.36. The van der Waals surface area contributed by atoms with Gasteiger partial charge in [0.2, 0.25) is 0 Å². The van der Waals surface area contributed by atoms with E-state index in [9.17, 15) is 14.0 Å². The smallest absolute Gasteiger partial charge is 0.272 e. The molecule has 154 valence electrons. The van der Waals surface area contributed by atoms with Gasteiger partial charge in [0.15, 0.2) is 0 Å². The Morgan fingerprint density at radius 1 is 1.16 bits per heavy atom. The normalized spacial score (nSPS) is 12.8. The summed E-state index contributed by atoms with van der Waals surface area (Å²) < 4.78 is 13.6. The molecule has 4 aromatic rings. The van der Waals surface area contributed by atoms with E-state index in [1.165, 1.54) is 12.1 Å². The second-order valence-electron chi connectivity index (χ2n) is 7.61. The molecular formula is C24H19FN4O2. The summed E-state index contributed by atoms with van der Waals surface area (Å²) in [6, 6.07) is 13.5. The first-order chi connectivity index (χ1) is 15.0. The zero-order chi connectivity index (χ0) is 21.5. The molecule has 1 aliphatic rings. The van der Waals surface area contributed by atoms with E-state index in [4.69, 9.17) is 0 Å². The number of carbonyl (C=O) groups is 2. The molecule has 0 atom stereocenters. The van der Waals surface area contributed by atoms with Crippen molar-refractivity contribution in [1.82, 2.24) is 9.97 Å². The first-order valence-electron chi connectivity index (χ1n) is 9.94. The molecule has 2 amide bonds. The predicted molar refractivity (Wildman–Crippen MR) is 117 cm³/mol. The highest BCUT2D eigenvalue weighted by Gasteiger charge is 2.26. The summed E-state index contributed by atoms with van der Waals surface area (Å²) in [6.45, 7) is 2.38. The Balaban J connectivity index is 1.37. The fourth-order valence-electron chi connectivity index (χ4n) is 4.03. The van der Waals surface area contributed by atoms with Crippen molar-refractivity contribution in [3.05, 3.63) is 89.1 Å². The van der Waals surface area contributed by atoms with Crippen molar-refractivity contribution in [2.24, 2.45) is 0 Å². The molecule has 6 nitrogen and oxygen atoms in total. The Bertz CT molecular complexity index is 1330. The summed E-state index contributed by atoms with van der Waals surface area (Å²) >= 11 is 0. The van der Waals surface area contributed by atoms with E-state index in [2.05, 4.69) is 15.3 Å². The number of aryl methyl sites for hydroxylation is 1. The maximum atomic E-state index is 13.6. The highest BCUT2D eigenvalue weighted by molar-refractivity contribution is 6.08. The van der Waals surface area contributed by atoms with Crippen LogP contribution < -0.4 is 10.2 Å². The summed E-state index contributed by atoms with van der Waals surface area (Å²) in [4.78, 5) is 34.2. The van der Waals surface area contributed by atoms with E-state index >= 15 is 0 Å². The van der Waals surface area contributed by atoms with Crippen LogP contribution in [-0.4, -0.2) is 28.3 Å². The van der Waals surface area contributed by atoms with Gasteiger partial charge in [-0.25, -0.2) is 4.39 Å². The molecule has 0 bridgehead atoms. The zero-order valence-corrected chi connectivity index (χ0v) is 16.8. The van der Waals surface area contributed by atoms with Crippen LogP contribution in [0.1, 0.15) is 32.0 Å². The van der Waals surface area contributed by atoms with Crippen molar-refractivity contribution < 1.29 is 14.0 Å². The van der Waals surface area contributed by atoms with Crippen LogP contribution in [0, 0.1) is 12.7 Å². The highest BCUT2D eigenvalue weighted by Crippen LogP contribution is 2.32. The molecule has 2 N–H and O–H groups in total. The molecule has 0 fully saturated rings. The van der Waals surface area contributed by atoms with Gasteiger partial charge in [0, 0.05) is 41.2 Å². The van der Waals surface area contributed by atoms with Gasteiger partial charge >= 0.3 is 0 Å². The van der Waals surface area contributed by atoms with Gasteiger partial charge in [0.05, 0.1) is 5.56 Å². The Morgan fingerprint density at radius 2 is 2.03 bits per heavy atom. The van der Waals surface area contributed by atoms with Gasteiger partial charge in [-0.05, 0) is 73.0 Å². The van der Waals surface area contributed by atoms with Crippen molar-refractivity contribution in [1.29, 1.82) is 0 Å². The number of nitrogens with one attached hydrogen (secondary N) is 2. The third kappa shape index (κ3) is 3.44. The summed E-state index contributed by atoms with van der Waals surface area (Å²) in [5.74, 6) is -0.746. The minimum absolute atomic E-state index is 0.0932. The molecule has 3 heterocycles. The lowest BCUT2D eigenvalue weighted by atomic mass is 10.1. The number of nitrogens with zero attached hydrogens (tertiary/aromatic N) is 2. The van der Waals surface area contributed by atoms with Gasteiger partial charge in [0.25, 0.3) is 11.8 Å². The number of aromatic amines is 1. The number of H-pyrrole nitrogens is 1. The average molecular weight is 414 g/mol. The predicted octanol–water partition coefficient (Wildman–Crippen LogP) is 4.47. The Labute approximate surface area is 177 Å². The molecule has 2 aromatic carbocycles. The molecule has 5 rings (SSSR count). The van der Waals surface area contributed by atoms with Crippen LogP contribution in [0.5, 0.6) is 0 Å². The van der Waals surface area contributed by atoms with Crippen LogP contribution in [0.2, 0.25) is 0 Å². The lowest BCUT2D eigenvalue weighted by Gasteiger charge is -2.17. The average Bonchev–Trinajstić information content (AvgIpc) is 3.38. The minimum Gasteiger partial charge on any atom is -0.350 e. The van der Waals surface area contributed by atoms with Gasteiger partial charge < -0.3 is 15.2 Å². The van der Waals surface area contributed by atoms with Gasteiger partial charge in [0.1, 0.15) is 11.5 Å². The number of carbonyl (C=O) groups excluding carboxylic acids is 2. The third-order valence-electron chi connectivity index (χ3n) is 5.54. The Morgan fingerprint density at radius 3 is 2.84 bits per heavy atom. The number of hydrogen-bond donors (Lipinski definition) is 2. The van der Waals surface area contributed by atoms with Crippen LogP contribution in [0.3, 0.4) is 0 Å². The van der Waals surface area contributed by atoms with Crippen LogP contribution in [-0.2, 0) is 6.42 Å². The number of fused-ring (bicyclic) bond motifs is 2. The highest BCUT2D eigenvalue weighted by atomic mass is 19.1. The molecule has 1 aliphatic heterocycles. The number of halogens is 1. The maximum Gasteiger partial charge on any atom is 0.272 e. The molecule has 0 saturated heterocycles. The van der Waals surface area contributed by atoms with Gasteiger partial charge in [-0.1, -0.05) is 0 Å². The van der Waals surface area contributed by atoms with E-state index in [0.717, 1.165) is 22.2 Å². The number of aromatic nitrogens is 2. The van der Waals surface area contributed by atoms with Crippen molar-refractivity contribution >= 4 is 34.1 Å². The first kappa shape index (κ1) is 19.0. The number of hydrogen-bond acceptors (Lipinski definition) is 3. The monoisotopic (exact) mass is 414 g/mol. The molecule has 2 aromatic heterocycles. The molecular weight excluding hydrogens is 395 g/mol. The summed E-state index contributed by atoms with van der Waals surface area (Å²) in [5.41, 5.74) is 4.72. The van der Waals surface area contributed by atoms with Gasteiger partial charge in [-0.2, -0.15) is 0 Å². The minimum atomic E-state index is -0.345. The number of rotatable bonds is 3. The molecule has 0 aliphatic carbocycles. The topological polar surface area (TPSA) is 78.1 Å². The molecule has 0 unspecified atom stereocenters. The van der Waals surface area contributed by atoms with Crippen molar-refractivity contribution in [3.8, 4) is 0 Å². The molecule has 31 heavy (non-hydrogen) atoms. The SMILES string of the molecule is Cc1cc(F)cc2[nH]c(C(=O)Nc3ccc4c(c3)CCN4C(=O)c3cccnc3)cc12. The Hall–Kier alpha value is -4.00. The van der Waals surface area contributed by atoms with Crippen molar-refractivity contribution in [3.63, 3.8) is 0 Å². The summed E-state index contributed by atoms with van der Waals surface area (Å²) in [6.07, 6.45) is 3.90. The van der Waals surface area contributed by atoms with E-state index in [1.807, 2.05) is 12.1 Å². The maximum absolute atomic E-state index is 13.6. The third-order valence-corrected chi connectivity index (χ3v) is 5.54. The van der Waals surface area contributed by atoms with Crippen LogP contribution in [0.4, 0.5) is 15.8 Å². The quantitative estimate of drug-likeness (QED) is 0.519. The van der Waals surface area contributed by atoms with E-state index < -0.39 is 0 Å². The number of pyridine rings is 1. The van der Waals surface area contributed by atoms with Gasteiger partial charge in [-0.3, -0.25) is 14.6 Å². The van der Waals surface area contributed by atoms with Crippen LogP contribution >= 0.6 is 0 Å². The molecule has 0 radical (unpaired) electrons. The first-order valence-corrected chi connectivity index (χ1v) is 9.94. The van der Waals surface area contributed by atoms with Gasteiger partial charge in [-0.15, -0.1) is 0 Å². The fraction of sp³-hybridized carbons (Fsp3) is 0.125. The molecule has 0 spiro atoms. The molecule has 0 saturated carbocycles. The number of anilines is 2. The Kier molecular flexibility index (Phi) is 4.51. The van der Waals surface area contributed by atoms with Crippen molar-refractivity contribution in [2.75, 3.05) is 16.8 Å². The zero-order valence-electron chi connectivity index (χ0n) is 16.8. The largest absolute Gasteiger partial charge is 0.350 e. The van der Waals surface area contributed by atoms with E-state index in [1.54, 1.807) is 48.5 Å². The summed E-state index contributed by atoms with van der Waals surface area (Å²) in [5, 5.41) is 3.69. The molecule has 7 heteroatoms. The lowest BCUT2D eigenvalue weighted by Crippen LogP contribution is -2.28.